The molecule has 4 heterocycles. The maximum absolute atomic E-state index is 5.37. The molecule has 0 radical (unpaired) electrons. The maximum Gasteiger partial charge on any atom is 0.260 e. The summed E-state index contributed by atoms with van der Waals surface area (Å²) in [7, 11) is 0. The van der Waals surface area contributed by atoms with Gasteiger partial charge in [0.1, 0.15) is 17.0 Å². The van der Waals surface area contributed by atoms with Gasteiger partial charge in [-0.05, 0) is 37.6 Å². The highest BCUT2D eigenvalue weighted by atomic mass is 16.5. The number of aryl methyl sites for hydroxylation is 2. The third-order valence-corrected chi connectivity index (χ3v) is 3.41. The van der Waals surface area contributed by atoms with Gasteiger partial charge in [-0.3, -0.25) is 9.83 Å². The van der Waals surface area contributed by atoms with Gasteiger partial charge in [0.2, 0.25) is 0 Å². The lowest BCUT2D eigenvalue weighted by Crippen LogP contribution is -2.02. The largest absolute Gasteiger partial charge is 0.452 e. The lowest BCUT2D eigenvalue weighted by molar-refractivity contribution is 0.316. The van der Waals surface area contributed by atoms with E-state index in [4.69, 9.17) is 4.74 Å². The fourth-order valence-corrected chi connectivity index (χ4v) is 2.53. The Kier molecular flexibility index (Phi) is 2.20. The molecule has 1 aliphatic heterocycles. The minimum atomic E-state index is 0.389. The highest BCUT2D eigenvalue weighted by Gasteiger charge is 2.15. The van der Waals surface area contributed by atoms with Crippen LogP contribution in [0.5, 0.6) is 0 Å². The van der Waals surface area contributed by atoms with Crippen LogP contribution in [-0.2, 0) is 4.74 Å². The van der Waals surface area contributed by atoms with Gasteiger partial charge in [-0.2, -0.15) is 0 Å². The van der Waals surface area contributed by atoms with E-state index in [9.17, 15) is 0 Å². The number of nitrogens with zero attached hydrogens (tertiary/aromatic N) is 4. The van der Waals surface area contributed by atoms with Crippen molar-refractivity contribution in [3.05, 3.63) is 41.3 Å². The Morgan fingerprint density at radius 2 is 2.15 bits per heavy atom. The highest BCUT2D eigenvalue weighted by Crippen LogP contribution is 2.20. The summed E-state index contributed by atoms with van der Waals surface area (Å²) < 4.78 is 7.35. The van der Waals surface area contributed by atoms with Crippen molar-refractivity contribution in [2.75, 3.05) is 6.73 Å². The van der Waals surface area contributed by atoms with E-state index in [2.05, 4.69) is 39.6 Å². The first-order valence-corrected chi connectivity index (χ1v) is 6.42. The monoisotopic (exact) mass is 267 g/mol. The zero-order valence-electron chi connectivity index (χ0n) is 11.2. The van der Waals surface area contributed by atoms with Gasteiger partial charge in [0.15, 0.2) is 6.73 Å². The SMILES string of the molecule is Cc1cc(C)c2ccc3nc(C4=NNCO4)cn3c2n1. The Balaban J connectivity index is 2.04. The number of fused-ring (bicyclic) bond motifs is 3. The summed E-state index contributed by atoms with van der Waals surface area (Å²) >= 11 is 0. The second-order valence-corrected chi connectivity index (χ2v) is 4.87. The Labute approximate surface area is 115 Å². The number of ether oxygens (including phenoxy) is 1. The Bertz CT molecular complexity index is 865. The zero-order valence-corrected chi connectivity index (χ0v) is 11.2. The molecule has 3 aromatic heterocycles. The van der Waals surface area contributed by atoms with Crippen LogP contribution in [0.15, 0.2) is 29.5 Å². The second kappa shape index (κ2) is 3.93. The average Bonchev–Trinajstić information content (AvgIpc) is 3.07. The summed E-state index contributed by atoms with van der Waals surface area (Å²) in [6.45, 7) is 4.48. The van der Waals surface area contributed by atoms with Gasteiger partial charge in [0, 0.05) is 17.3 Å². The second-order valence-electron chi connectivity index (χ2n) is 4.87. The van der Waals surface area contributed by atoms with Crippen molar-refractivity contribution < 1.29 is 4.74 Å². The van der Waals surface area contributed by atoms with E-state index in [1.165, 1.54) is 5.56 Å². The molecular weight excluding hydrogens is 254 g/mol. The Hall–Kier alpha value is -2.63. The minimum Gasteiger partial charge on any atom is -0.452 e. The molecule has 1 aliphatic rings. The van der Waals surface area contributed by atoms with Gasteiger partial charge in [-0.1, -0.05) is 0 Å². The van der Waals surface area contributed by atoms with Crippen molar-refractivity contribution in [2.24, 2.45) is 5.10 Å². The topological polar surface area (TPSA) is 63.8 Å². The van der Waals surface area contributed by atoms with Crippen LogP contribution >= 0.6 is 0 Å². The number of pyridine rings is 2. The number of imidazole rings is 1. The number of hydrogen-bond donors (Lipinski definition) is 1. The predicted octanol–water partition coefficient (Wildman–Crippen LogP) is 1.74. The van der Waals surface area contributed by atoms with E-state index in [1.54, 1.807) is 0 Å². The molecule has 0 aliphatic carbocycles. The Morgan fingerprint density at radius 1 is 1.25 bits per heavy atom. The number of aromatic nitrogens is 3. The van der Waals surface area contributed by atoms with Gasteiger partial charge in [0.05, 0.1) is 0 Å². The van der Waals surface area contributed by atoms with Crippen LogP contribution in [0.2, 0.25) is 0 Å². The smallest absolute Gasteiger partial charge is 0.260 e. The summed E-state index contributed by atoms with van der Waals surface area (Å²) in [4.78, 5) is 9.16. The molecule has 3 aromatic rings. The maximum atomic E-state index is 5.37. The molecule has 0 aromatic carbocycles. The van der Waals surface area contributed by atoms with Gasteiger partial charge in [0.25, 0.3) is 5.90 Å². The third kappa shape index (κ3) is 1.54. The molecule has 4 rings (SSSR count). The van der Waals surface area contributed by atoms with E-state index < -0.39 is 0 Å². The zero-order chi connectivity index (χ0) is 13.7. The van der Waals surface area contributed by atoms with Crippen molar-refractivity contribution in [1.82, 2.24) is 19.8 Å². The molecule has 100 valence electrons. The molecule has 20 heavy (non-hydrogen) atoms. The van der Waals surface area contributed by atoms with Crippen LogP contribution in [0.3, 0.4) is 0 Å². The lowest BCUT2D eigenvalue weighted by Gasteiger charge is -2.05. The van der Waals surface area contributed by atoms with E-state index in [0.29, 0.717) is 18.3 Å². The number of nitrogens with one attached hydrogen (secondary N) is 1. The van der Waals surface area contributed by atoms with Crippen LogP contribution < -0.4 is 5.43 Å². The summed E-state index contributed by atoms with van der Waals surface area (Å²) in [5, 5.41) is 5.19. The fraction of sp³-hybridized carbons (Fsp3) is 0.214. The molecular formula is C14H13N5O. The van der Waals surface area contributed by atoms with Crippen molar-refractivity contribution in [1.29, 1.82) is 0 Å². The van der Waals surface area contributed by atoms with Crippen LogP contribution in [0.4, 0.5) is 0 Å². The highest BCUT2D eigenvalue weighted by molar-refractivity contribution is 5.94. The van der Waals surface area contributed by atoms with Gasteiger partial charge < -0.3 is 4.74 Å². The summed E-state index contributed by atoms with van der Waals surface area (Å²) in [5.41, 5.74) is 7.43. The van der Waals surface area contributed by atoms with E-state index in [-0.39, 0.29) is 0 Å². The predicted molar refractivity (Wildman–Crippen MR) is 75.6 cm³/mol. The average molecular weight is 267 g/mol. The standard InChI is InChI=1S/C14H13N5O/c1-8-5-9(2)16-13-10(8)3-4-12-17-11(6-19(12)13)14-18-15-7-20-14/h3-6,15H,7H2,1-2H3. The van der Waals surface area contributed by atoms with Crippen molar-refractivity contribution >= 4 is 22.6 Å². The van der Waals surface area contributed by atoms with Crippen molar-refractivity contribution in [3.63, 3.8) is 0 Å². The Morgan fingerprint density at radius 3 is 2.95 bits per heavy atom. The third-order valence-electron chi connectivity index (χ3n) is 3.41. The molecule has 6 nitrogen and oxygen atoms in total. The van der Waals surface area contributed by atoms with Gasteiger partial charge in [-0.15, -0.1) is 5.10 Å². The van der Waals surface area contributed by atoms with E-state index >= 15 is 0 Å². The van der Waals surface area contributed by atoms with Crippen LogP contribution in [0.25, 0.3) is 16.7 Å². The number of rotatable bonds is 1. The van der Waals surface area contributed by atoms with E-state index in [0.717, 1.165) is 22.4 Å². The summed E-state index contributed by atoms with van der Waals surface area (Å²) in [5.74, 6) is 0.520. The molecule has 0 unspecified atom stereocenters. The fourth-order valence-electron chi connectivity index (χ4n) is 2.53. The normalized spacial score (nSPS) is 14.4. The quantitative estimate of drug-likeness (QED) is 0.729. The van der Waals surface area contributed by atoms with Crippen LogP contribution in [0.1, 0.15) is 17.0 Å². The molecule has 0 fully saturated rings. The first-order valence-electron chi connectivity index (χ1n) is 6.42. The summed E-state index contributed by atoms with van der Waals surface area (Å²) in [6.07, 6.45) is 1.91. The molecule has 0 saturated heterocycles. The molecule has 1 N–H and O–H groups in total. The van der Waals surface area contributed by atoms with E-state index in [1.807, 2.05) is 23.6 Å². The number of hydrogen-bond acceptors (Lipinski definition) is 5. The van der Waals surface area contributed by atoms with Crippen LogP contribution in [0, 0.1) is 13.8 Å². The van der Waals surface area contributed by atoms with Gasteiger partial charge in [-0.25, -0.2) is 9.97 Å². The molecule has 0 atom stereocenters. The number of hydrazone groups is 1. The lowest BCUT2D eigenvalue weighted by atomic mass is 10.1. The molecule has 0 spiro atoms. The van der Waals surface area contributed by atoms with Crippen LogP contribution in [-0.4, -0.2) is 27.0 Å². The van der Waals surface area contributed by atoms with Gasteiger partial charge >= 0.3 is 0 Å². The minimum absolute atomic E-state index is 0.389. The molecule has 0 saturated carbocycles. The first-order chi connectivity index (χ1) is 9.72. The van der Waals surface area contributed by atoms with Crippen molar-refractivity contribution in [3.8, 4) is 0 Å². The summed E-state index contributed by atoms with van der Waals surface area (Å²) in [6, 6.07) is 6.12. The van der Waals surface area contributed by atoms with Crippen molar-refractivity contribution in [2.45, 2.75) is 13.8 Å². The molecule has 0 amide bonds. The first kappa shape index (κ1) is 11.2. The molecule has 0 bridgehead atoms. The molecule has 6 heteroatoms.